The average Bonchev–Trinajstić information content (AvgIpc) is 2.73. The van der Waals surface area contributed by atoms with Gasteiger partial charge in [0, 0.05) is 23.3 Å². The molecule has 2 heterocycles. The van der Waals surface area contributed by atoms with Crippen molar-refractivity contribution >= 4 is 16.9 Å². The van der Waals surface area contributed by atoms with Crippen molar-refractivity contribution in [3.8, 4) is 11.3 Å². The largest absolute Gasteiger partial charge is 0.457 e. The third kappa shape index (κ3) is 3.67. The Kier molecular flexibility index (Phi) is 4.58. The maximum absolute atomic E-state index is 13.0. The van der Waals surface area contributed by atoms with Crippen LogP contribution in [-0.4, -0.2) is 15.9 Å². The van der Waals surface area contributed by atoms with E-state index in [1.54, 1.807) is 30.6 Å². The maximum atomic E-state index is 13.0. The summed E-state index contributed by atoms with van der Waals surface area (Å²) in [5.74, 6) is -0.777. The van der Waals surface area contributed by atoms with E-state index in [1.807, 2.05) is 36.4 Å². The standard InChI is InChI=1S/C22H15FN2O2/c23-17-7-5-15(6-8-17)14-27-22(26)19-13-21(16-9-11-24-12-10-16)25-20-4-2-1-3-18(19)20/h1-13H,14H2. The number of carbonyl (C=O) groups is 1. The zero-order valence-electron chi connectivity index (χ0n) is 14.3. The first kappa shape index (κ1) is 16.8. The number of rotatable bonds is 4. The molecule has 0 fully saturated rings. The van der Waals surface area contributed by atoms with Crippen molar-refractivity contribution in [2.24, 2.45) is 0 Å². The van der Waals surface area contributed by atoms with Crippen molar-refractivity contribution in [3.05, 3.63) is 96.1 Å². The zero-order valence-corrected chi connectivity index (χ0v) is 14.3. The van der Waals surface area contributed by atoms with Gasteiger partial charge in [0.15, 0.2) is 0 Å². The summed E-state index contributed by atoms with van der Waals surface area (Å²) in [6.07, 6.45) is 3.36. The fourth-order valence-corrected chi connectivity index (χ4v) is 2.82. The first-order valence-electron chi connectivity index (χ1n) is 8.42. The van der Waals surface area contributed by atoms with Crippen molar-refractivity contribution in [1.82, 2.24) is 9.97 Å². The summed E-state index contributed by atoms with van der Waals surface area (Å²) in [5.41, 5.74) is 3.40. The van der Waals surface area contributed by atoms with E-state index in [0.29, 0.717) is 16.8 Å². The molecule has 0 saturated carbocycles. The van der Waals surface area contributed by atoms with Crippen LogP contribution in [0.1, 0.15) is 15.9 Å². The zero-order chi connectivity index (χ0) is 18.6. The van der Waals surface area contributed by atoms with Gasteiger partial charge < -0.3 is 4.74 Å². The van der Waals surface area contributed by atoms with E-state index in [2.05, 4.69) is 9.97 Å². The normalized spacial score (nSPS) is 10.7. The van der Waals surface area contributed by atoms with Gasteiger partial charge in [0.1, 0.15) is 12.4 Å². The molecule has 0 atom stereocenters. The van der Waals surface area contributed by atoms with Gasteiger partial charge >= 0.3 is 5.97 Å². The van der Waals surface area contributed by atoms with Crippen LogP contribution in [0.3, 0.4) is 0 Å². The van der Waals surface area contributed by atoms with Crippen molar-refractivity contribution in [3.63, 3.8) is 0 Å². The van der Waals surface area contributed by atoms with Crippen molar-refractivity contribution in [2.45, 2.75) is 6.61 Å². The quantitative estimate of drug-likeness (QED) is 0.492. The topological polar surface area (TPSA) is 52.1 Å². The molecule has 0 aliphatic carbocycles. The van der Waals surface area contributed by atoms with E-state index < -0.39 is 5.97 Å². The Morgan fingerprint density at radius 1 is 0.963 bits per heavy atom. The number of esters is 1. The van der Waals surface area contributed by atoms with Crippen LogP contribution in [-0.2, 0) is 11.3 Å². The van der Waals surface area contributed by atoms with Crippen LogP contribution in [0.15, 0.2) is 79.1 Å². The van der Waals surface area contributed by atoms with Crippen LogP contribution in [0.2, 0.25) is 0 Å². The van der Waals surface area contributed by atoms with Gasteiger partial charge in [-0.25, -0.2) is 14.2 Å². The SMILES string of the molecule is O=C(OCc1ccc(F)cc1)c1cc(-c2ccncc2)nc2ccccc12. The van der Waals surface area contributed by atoms with Crippen LogP contribution >= 0.6 is 0 Å². The van der Waals surface area contributed by atoms with Crippen LogP contribution in [0.25, 0.3) is 22.2 Å². The Labute approximate surface area is 155 Å². The number of nitrogens with zero attached hydrogens (tertiary/aromatic N) is 2. The molecule has 0 aliphatic heterocycles. The number of hydrogen-bond acceptors (Lipinski definition) is 4. The number of fused-ring (bicyclic) bond motifs is 1. The molecule has 0 saturated heterocycles. The minimum atomic E-state index is -0.451. The molecule has 2 aromatic heterocycles. The maximum Gasteiger partial charge on any atom is 0.339 e. The summed E-state index contributed by atoms with van der Waals surface area (Å²) >= 11 is 0. The van der Waals surface area contributed by atoms with E-state index >= 15 is 0 Å². The number of para-hydroxylation sites is 1. The van der Waals surface area contributed by atoms with Crippen LogP contribution in [0, 0.1) is 5.82 Å². The van der Waals surface area contributed by atoms with Crippen LogP contribution < -0.4 is 0 Å². The molecule has 5 heteroatoms. The lowest BCUT2D eigenvalue weighted by Crippen LogP contribution is -2.07. The molecule has 0 unspecified atom stereocenters. The smallest absolute Gasteiger partial charge is 0.339 e. The number of benzene rings is 2. The van der Waals surface area contributed by atoms with Gasteiger partial charge in [-0.3, -0.25) is 4.98 Å². The Morgan fingerprint density at radius 2 is 1.70 bits per heavy atom. The predicted molar refractivity (Wildman–Crippen MR) is 100 cm³/mol. The van der Waals surface area contributed by atoms with Crippen LogP contribution in [0.5, 0.6) is 0 Å². The first-order chi connectivity index (χ1) is 13.2. The number of ether oxygens (including phenoxy) is 1. The highest BCUT2D eigenvalue weighted by molar-refractivity contribution is 6.04. The van der Waals surface area contributed by atoms with Gasteiger partial charge in [0.2, 0.25) is 0 Å². The van der Waals surface area contributed by atoms with Crippen molar-refractivity contribution < 1.29 is 13.9 Å². The Balaban J connectivity index is 1.69. The summed E-state index contributed by atoms with van der Waals surface area (Å²) in [5, 5.41) is 0.722. The first-order valence-corrected chi connectivity index (χ1v) is 8.42. The highest BCUT2D eigenvalue weighted by Crippen LogP contribution is 2.25. The van der Waals surface area contributed by atoms with E-state index in [1.165, 1.54) is 12.1 Å². The second-order valence-electron chi connectivity index (χ2n) is 6.01. The molecule has 0 amide bonds. The molecule has 2 aromatic carbocycles. The second-order valence-corrected chi connectivity index (χ2v) is 6.01. The number of pyridine rings is 2. The lowest BCUT2D eigenvalue weighted by Gasteiger charge is -2.10. The van der Waals surface area contributed by atoms with Gasteiger partial charge in [-0.05, 0) is 42.0 Å². The van der Waals surface area contributed by atoms with Gasteiger partial charge in [-0.2, -0.15) is 0 Å². The number of aromatic nitrogens is 2. The van der Waals surface area contributed by atoms with E-state index in [0.717, 1.165) is 16.5 Å². The molecule has 0 bridgehead atoms. The highest BCUT2D eigenvalue weighted by atomic mass is 19.1. The predicted octanol–water partition coefficient (Wildman–Crippen LogP) is 4.79. The molecule has 0 spiro atoms. The average molecular weight is 358 g/mol. The van der Waals surface area contributed by atoms with Crippen molar-refractivity contribution in [1.29, 1.82) is 0 Å². The van der Waals surface area contributed by atoms with E-state index in [4.69, 9.17) is 4.74 Å². The minimum Gasteiger partial charge on any atom is -0.457 e. The Morgan fingerprint density at radius 3 is 2.48 bits per heavy atom. The third-order valence-electron chi connectivity index (χ3n) is 4.20. The fraction of sp³-hybridized carbons (Fsp3) is 0.0455. The molecule has 0 N–H and O–H groups in total. The molecule has 132 valence electrons. The van der Waals surface area contributed by atoms with Gasteiger partial charge in [-0.15, -0.1) is 0 Å². The van der Waals surface area contributed by atoms with E-state index in [9.17, 15) is 9.18 Å². The molecule has 4 rings (SSSR count). The second kappa shape index (κ2) is 7.33. The molecular formula is C22H15FN2O2. The van der Waals surface area contributed by atoms with Crippen molar-refractivity contribution in [2.75, 3.05) is 0 Å². The molecule has 4 aromatic rings. The Bertz CT molecular complexity index is 1100. The summed E-state index contributed by atoms with van der Waals surface area (Å²) in [6.45, 7) is 0.0698. The minimum absolute atomic E-state index is 0.0698. The van der Waals surface area contributed by atoms with Gasteiger partial charge in [-0.1, -0.05) is 30.3 Å². The highest BCUT2D eigenvalue weighted by Gasteiger charge is 2.15. The number of halogens is 1. The van der Waals surface area contributed by atoms with E-state index in [-0.39, 0.29) is 12.4 Å². The lowest BCUT2D eigenvalue weighted by molar-refractivity contribution is 0.0475. The summed E-state index contributed by atoms with van der Waals surface area (Å²) in [7, 11) is 0. The third-order valence-corrected chi connectivity index (χ3v) is 4.20. The summed E-state index contributed by atoms with van der Waals surface area (Å²) in [6, 6.07) is 18.7. The molecule has 4 nitrogen and oxygen atoms in total. The lowest BCUT2D eigenvalue weighted by atomic mass is 10.0. The molecule has 0 radical (unpaired) electrons. The Hall–Kier alpha value is -3.60. The monoisotopic (exact) mass is 358 g/mol. The van der Waals surface area contributed by atoms with Gasteiger partial charge in [0.05, 0.1) is 16.8 Å². The molecular weight excluding hydrogens is 343 g/mol. The fourth-order valence-electron chi connectivity index (χ4n) is 2.82. The van der Waals surface area contributed by atoms with Crippen LogP contribution in [0.4, 0.5) is 4.39 Å². The molecule has 0 aliphatic rings. The number of carbonyl (C=O) groups excluding carboxylic acids is 1. The summed E-state index contributed by atoms with van der Waals surface area (Å²) in [4.78, 5) is 21.4. The summed E-state index contributed by atoms with van der Waals surface area (Å²) < 4.78 is 18.5. The molecule has 27 heavy (non-hydrogen) atoms. The number of hydrogen-bond donors (Lipinski definition) is 0. The van der Waals surface area contributed by atoms with Gasteiger partial charge in [0.25, 0.3) is 0 Å².